The maximum atomic E-state index is 13.4. The smallest absolute Gasteiger partial charge is 0.241 e. The number of halogens is 1. The first-order chi connectivity index (χ1) is 11.4. The van der Waals surface area contributed by atoms with E-state index in [-0.39, 0.29) is 23.8 Å². The van der Waals surface area contributed by atoms with Crippen LogP contribution in [0.4, 0.5) is 4.39 Å². The zero-order valence-electron chi connectivity index (χ0n) is 13.3. The molecule has 24 heavy (non-hydrogen) atoms. The van der Waals surface area contributed by atoms with E-state index in [2.05, 4.69) is 10.0 Å². The SMILES string of the molecule is Cc1cccc(S(=O)(=O)NCC(=O)NCCc2ccccc2F)c1. The van der Waals surface area contributed by atoms with Gasteiger partial charge >= 0.3 is 0 Å². The molecule has 0 aliphatic carbocycles. The summed E-state index contributed by atoms with van der Waals surface area (Å²) >= 11 is 0. The molecule has 0 atom stereocenters. The summed E-state index contributed by atoms with van der Waals surface area (Å²) in [5, 5.41) is 2.56. The number of carbonyl (C=O) groups excluding carboxylic acids is 1. The van der Waals surface area contributed by atoms with Gasteiger partial charge in [0.25, 0.3) is 0 Å². The Bertz CT molecular complexity index is 822. The molecule has 2 aromatic carbocycles. The van der Waals surface area contributed by atoms with Crippen LogP contribution < -0.4 is 10.0 Å². The number of aryl methyl sites for hydroxylation is 1. The molecule has 0 aromatic heterocycles. The number of rotatable bonds is 7. The van der Waals surface area contributed by atoms with E-state index in [1.807, 2.05) is 0 Å². The van der Waals surface area contributed by atoms with Crippen LogP contribution in [0.25, 0.3) is 0 Å². The van der Waals surface area contributed by atoms with Crippen molar-refractivity contribution in [2.24, 2.45) is 0 Å². The number of hydrogen-bond donors (Lipinski definition) is 2. The Hall–Kier alpha value is -2.25. The molecule has 0 aliphatic rings. The maximum Gasteiger partial charge on any atom is 0.241 e. The van der Waals surface area contributed by atoms with Gasteiger partial charge in [-0.1, -0.05) is 30.3 Å². The van der Waals surface area contributed by atoms with E-state index in [1.165, 1.54) is 18.2 Å². The van der Waals surface area contributed by atoms with E-state index >= 15 is 0 Å². The Balaban J connectivity index is 1.82. The van der Waals surface area contributed by atoms with Gasteiger partial charge in [-0.05, 0) is 42.7 Å². The van der Waals surface area contributed by atoms with Crippen molar-refractivity contribution >= 4 is 15.9 Å². The van der Waals surface area contributed by atoms with Gasteiger partial charge in [0.1, 0.15) is 5.82 Å². The molecule has 0 spiro atoms. The van der Waals surface area contributed by atoms with Gasteiger partial charge < -0.3 is 5.32 Å². The lowest BCUT2D eigenvalue weighted by Gasteiger charge is -2.09. The highest BCUT2D eigenvalue weighted by Gasteiger charge is 2.15. The molecule has 0 aliphatic heterocycles. The predicted molar refractivity (Wildman–Crippen MR) is 89.5 cm³/mol. The lowest BCUT2D eigenvalue weighted by molar-refractivity contribution is -0.119. The van der Waals surface area contributed by atoms with Gasteiger partial charge in [0.05, 0.1) is 11.4 Å². The van der Waals surface area contributed by atoms with Gasteiger partial charge in [-0.15, -0.1) is 0 Å². The van der Waals surface area contributed by atoms with Crippen molar-refractivity contribution in [3.05, 3.63) is 65.5 Å². The molecular weight excluding hydrogens is 331 g/mol. The van der Waals surface area contributed by atoms with Crippen molar-refractivity contribution in [1.29, 1.82) is 0 Å². The summed E-state index contributed by atoms with van der Waals surface area (Å²) in [6.45, 7) is 1.65. The lowest BCUT2D eigenvalue weighted by Crippen LogP contribution is -2.37. The Morgan fingerprint density at radius 1 is 1.12 bits per heavy atom. The molecule has 0 bridgehead atoms. The molecule has 5 nitrogen and oxygen atoms in total. The Morgan fingerprint density at radius 3 is 2.58 bits per heavy atom. The highest BCUT2D eigenvalue weighted by atomic mass is 32.2. The van der Waals surface area contributed by atoms with Gasteiger partial charge in [-0.2, -0.15) is 0 Å². The van der Waals surface area contributed by atoms with Crippen LogP contribution in [0, 0.1) is 12.7 Å². The summed E-state index contributed by atoms with van der Waals surface area (Å²) in [5.74, 6) is -0.797. The summed E-state index contributed by atoms with van der Waals surface area (Å²) in [4.78, 5) is 11.8. The highest BCUT2D eigenvalue weighted by molar-refractivity contribution is 7.89. The fourth-order valence-electron chi connectivity index (χ4n) is 2.13. The van der Waals surface area contributed by atoms with Crippen molar-refractivity contribution in [3.8, 4) is 0 Å². The number of carbonyl (C=O) groups is 1. The van der Waals surface area contributed by atoms with E-state index in [0.29, 0.717) is 12.0 Å². The van der Waals surface area contributed by atoms with Crippen molar-refractivity contribution < 1.29 is 17.6 Å². The summed E-state index contributed by atoms with van der Waals surface area (Å²) in [7, 11) is -3.73. The van der Waals surface area contributed by atoms with E-state index in [1.54, 1.807) is 37.3 Å². The summed E-state index contributed by atoms with van der Waals surface area (Å²) in [5.41, 5.74) is 1.31. The molecule has 2 N–H and O–H groups in total. The van der Waals surface area contributed by atoms with Gasteiger partial charge in [-0.3, -0.25) is 4.79 Å². The molecule has 2 rings (SSSR count). The maximum absolute atomic E-state index is 13.4. The molecule has 0 saturated heterocycles. The minimum Gasteiger partial charge on any atom is -0.355 e. The molecule has 0 heterocycles. The molecule has 2 aromatic rings. The van der Waals surface area contributed by atoms with Gasteiger partial charge in [0.15, 0.2) is 0 Å². The standard InChI is InChI=1S/C17H19FN2O3S/c1-13-5-4-7-15(11-13)24(22,23)20-12-17(21)19-10-9-14-6-2-3-8-16(14)18/h2-8,11,20H,9-10,12H2,1H3,(H,19,21). The minimum atomic E-state index is -3.73. The third-order valence-electron chi connectivity index (χ3n) is 3.40. The largest absolute Gasteiger partial charge is 0.355 e. The summed E-state index contributed by atoms with van der Waals surface area (Å²) in [6.07, 6.45) is 0.336. The molecule has 7 heteroatoms. The number of nitrogens with one attached hydrogen (secondary N) is 2. The van der Waals surface area contributed by atoms with Crippen LogP contribution in [0.3, 0.4) is 0 Å². The second kappa shape index (κ2) is 8.03. The Kier molecular flexibility index (Phi) is 6.05. The minimum absolute atomic E-state index is 0.113. The molecule has 0 saturated carbocycles. The zero-order chi connectivity index (χ0) is 17.6. The first-order valence-electron chi connectivity index (χ1n) is 7.45. The fourth-order valence-corrected chi connectivity index (χ4v) is 3.21. The van der Waals surface area contributed by atoms with E-state index < -0.39 is 15.9 Å². The number of hydrogen-bond acceptors (Lipinski definition) is 3. The number of amides is 1. The first-order valence-corrected chi connectivity index (χ1v) is 8.93. The lowest BCUT2D eigenvalue weighted by atomic mass is 10.1. The molecule has 1 amide bonds. The molecule has 0 unspecified atom stereocenters. The highest BCUT2D eigenvalue weighted by Crippen LogP contribution is 2.10. The van der Waals surface area contributed by atoms with Crippen LogP contribution in [0.1, 0.15) is 11.1 Å². The van der Waals surface area contributed by atoms with Crippen LogP contribution in [0.2, 0.25) is 0 Å². The zero-order valence-corrected chi connectivity index (χ0v) is 14.1. The molecule has 0 radical (unpaired) electrons. The van der Waals surface area contributed by atoms with Crippen molar-refractivity contribution in [2.75, 3.05) is 13.1 Å². The quantitative estimate of drug-likeness (QED) is 0.799. The van der Waals surface area contributed by atoms with E-state index in [4.69, 9.17) is 0 Å². The number of sulfonamides is 1. The second-order valence-electron chi connectivity index (χ2n) is 5.33. The van der Waals surface area contributed by atoms with Gasteiger partial charge in [0, 0.05) is 6.54 Å². The van der Waals surface area contributed by atoms with Crippen molar-refractivity contribution in [1.82, 2.24) is 10.0 Å². The third-order valence-corrected chi connectivity index (χ3v) is 4.80. The molecule has 128 valence electrons. The number of benzene rings is 2. The predicted octanol–water partition coefficient (Wildman–Crippen LogP) is 1.77. The second-order valence-corrected chi connectivity index (χ2v) is 7.10. The summed E-state index contributed by atoms with van der Waals surface area (Å²) < 4.78 is 39.9. The van der Waals surface area contributed by atoms with Crippen LogP contribution in [-0.4, -0.2) is 27.4 Å². The monoisotopic (exact) mass is 350 g/mol. The Labute approximate surface area is 141 Å². The average Bonchev–Trinajstić information content (AvgIpc) is 2.55. The normalized spacial score (nSPS) is 11.2. The average molecular weight is 350 g/mol. The van der Waals surface area contributed by atoms with Gasteiger partial charge in [0.2, 0.25) is 15.9 Å². The fraction of sp³-hybridized carbons (Fsp3) is 0.235. The van der Waals surface area contributed by atoms with E-state index in [9.17, 15) is 17.6 Å². The van der Waals surface area contributed by atoms with Crippen molar-refractivity contribution in [3.63, 3.8) is 0 Å². The third kappa shape index (κ3) is 5.14. The van der Waals surface area contributed by atoms with Crippen LogP contribution in [0.5, 0.6) is 0 Å². The summed E-state index contributed by atoms with van der Waals surface area (Å²) in [6, 6.07) is 12.7. The van der Waals surface area contributed by atoms with Crippen molar-refractivity contribution in [2.45, 2.75) is 18.2 Å². The van der Waals surface area contributed by atoms with Crippen LogP contribution >= 0.6 is 0 Å². The van der Waals surface area contributed by atoms with E-state index in [0.717, 1.165) is 5.56 Å². The molecular formula is C17H19FN2O3S. The Morgan fingerprint density at radius 2 is 1.88 bits per heavy atom. The first kappa shape index (κ1) is 18.1. The van der Waals surface area contributed by atoms with Crippen LogP contribution in [0.15, 0.2) is 53.4 Å². The van der Waals surface area contributed by atoms with Gasteiger partial charge in [-0.25, -0.2) is 17.5 Å². The van der Waals surface area contributed by atoms with Crippen LogP contribution in [-0.2, 0) is 21.2 Å². The topological polar surface area (TPSA) is 75.3 Å². The molecule has 0 fully saturated rings.